The molecule has 0 bridgehead atoms. The number of amides is 2. The second kappa shape index (κ2) is 7.14. The van der Waals surface area contributed by atoms with Crippen LogP contribution in [0.2, 0.25) is 5.02 Å². The SMILES string of the molecule is Cn1cc(-c2cncc(CNC(=O)Nc3ccc(Cl)cc3)c2)cn1. The van der Waals surface area contributed by atoms with Gasteiger partial charge in [-0.2, -0.15) is 5.10 Å². The van der Waals surface area contributed by atoms with Crippen molar-refractivity contribution in [2.45, 2.75) is 6.54 Å². The number of benzene rings is 1. The quantitative estimate of drug-likeness (QED) is 0.763. The predicted molar refractivity (Wildman–Crippen MR) is 93.7 cm³/mol. The number of anilines is 1. The number of aromatic nitrogens is 3. The predicted octanol–water partition coefficient (Wildman–Crippen LogP) is 3.46. The fraction of sp³-hybridized carbons (Fsp3) is 0.118. The fourth-order valence-electron chi connectivity index (χ4n) is 2.20. The Morgan fingerprint density at radius 1 is 1.17 bits per heavy atom. The molecule has 2 aromatic heterocycles. The Bertz CT molecular complexity index is 844. The lowest BCUT2D eigenvalue weighted by Crippen LogP contribution is -2.28. The number of pyridine rings is 1. The first-order valence-corrected chi connectivity index (χ1v) is 7.71. The zero-order valence-corrected chi connectivity index (χ0v) is 13.8. The van der Waals surface area contributed by atoms with Crippen LogP contribution in [-0.2, 0) is 13.6 Å². The van der Waals surface area contributed by atoms with E-state index in [1.54, 1.807) is 47.5 Å². The number of carbonyl (C=O) groups is 1. The van der Waals surface area contributed by atoms with E-state index in [0.717, 1.165) is 16.7 Å². The van der Waals surface area contributed by atoms with Gasteiger partial charge in [-0.05, 0) is 35.9 Å². The van der Waals surface area contributed by atoms with Gasteiger partial charge in [0.15, 0.2) is 0 Å². The van der Waals surface area contributed by atoms with Gasteiger partial charge in [0.25, 0.3) is 0 Å². The second-order valence-corrected chi connectivity index (χ2v) is 5.74. The number of hydrogen-bond acceptors (Lipinski definition) is 3. The third-order valence-corrected chi connectivity index (χ3v) is 3.64. The Morgan fingerprint density at radius 3 is 2.67 bits per heavy atom. The summed E-state index contributed by atoms with van der Waals surface area (Å²) in [5.41, 5.74) is 3.53. The lowest BCUT2D eigenvalue weighted by molar-refractivity contribution is 0.251. The van der Waals surface area contributed by atoms with E-state index in [0.29, 0.717) is 17.3 Å². The first-order valence-electron chi connectivity index (χ1n) is 7.33. The summed E-state index contributed by atoms with van der Waals surface area (Å²) < 4.78 is 1.74. The number of carbonyl (C=O) groups excluding carboxylic acids is 1. The lowest BCUT2D eigenvalue weighted by atomic mass is 10.1. The molecule has 24 heavy (non-hydrogen) atoms. The molecule has 1 aromatic carbocycles. The monoisotopic (exact) mass is 341 g/mol. The zero-order valence-electron chi connectivity index (χ0n) is 13.0. The van der Waals surface area contributed by atoms with Crippen LogP contribution in [0.3, 0.4) is 0 Å². The molecule has 0 radical (unpaired) electrons. The topological polar surface area (TPSA) is 71.8 Å². The molecule has 0 saturated heterocycles. The van der Waals surface area contributed by atoms with E-state index in [2.05, 4.69) is 20.7 Å². The van der Waals surface area contributed by atoms with Crippen molar-refractivity contribution in [1.29, 1.82) is 0 Å². The molecule has 122 valence electrons. The standard InChI is InChI=1S/C17H16ClN5O/c1-23-11-14(10-21-23)13-6-12(7-19-9-13)8-20-17(24)22-16-4-2-15(18)3-5-16/h2-7,9-11H,8H2,1H3,(H2,20,22,24). The number of halogens is 1. The van der Waals surface area contributed by atoms with Gasteiger partial charge < -0.3 is 10.6 Å². The number of urea groups is 1. The van der Waals surface area contributed by atoms with Crippen molar-refractivity contribution in [2.24, 2.45) is 7.05 Å². The molecule has 2 heterocycles. The Balaban J connectivity index is 1.60. The minimum absolute atomic E-state index is 0.288. The molecule has 0 saturated carbocycles. The first-order chi connectivity index (χ1) is 11.6. The van der Waals surface area contributed by atoms with Gasteiger partial charge in [0, 0.05) is 54.0 Å². The van der Waals surface area contributed by atoms with E-state index in [1.807, 2.05) is 19.3 Å². The van der Waals surface area contributed by atoms with Gasteiger partial charge in [-0.1, -0.05) is 11.6 Å². The van der Waals surface area contributed by atoms with Crippen molar-refractivity contribution in [3.05, 3.63) is 65.7 Å². The highest BCUT2D eigenvalue weighted by atomic mass is 35.5. The number of rotatable bonds is 4. The molecule has 0 aliphatic heterocycles. The smallest absolute Gasteiger partial charge is 0.319 e. The summed E-state index contributed by atoms with van der Waals surface area (Å²) in [7, 11) is 1.86. The molecule has 0 aliphatic carbocycles. The molecule has 2 amide bonds. The Labute approximate surface area is 144 Å². The second-order valence-electron chi connectivity index (χ2n) is 5.30. The zero-order chi connectivity index (χ0) is 16.9. The minimum Gasteiger partial charge on any atom is -0.334 e. The van der Waals surface area contributed by atoms with Crippen molar-refractivity contribution < 1.29 is 4.79 Å². The summed E-state index contributed by atoms with van der Waals surface area (Å²) in [4.78, 5) is 16.2. The molecule has 0 spiro atoms. The average Bonchev–Trinajstić information content (AvgIpc) is 3.02. The lowest BCUT2D eigenvalue weighted by Gasteiger charge is -2.08. The van der Waals surface area contributed by atoms with Crippen molar-refractivity contribution in [2.75, 3.05) is 5.32 Å². The molecule has 3 aromatic rings. The number of nitrogens with one attached hydrogen (secondary N) is 2. The maximum absolute atomic E-state index is 11.9. The van der Waals surface area contributed by atoms with Crippen LogP contribution in [0.15, 0.2) is 55.1 Å². The molecule has 6 nitrogen and oxygen atoms in total. The molecule has 7 heteroatoms. The van der Waals surface area contributed by atoms with E-state index in [-0.39, 0.29) is 6.03 Å². The summed E-state index contributed by atoms with van der Waals surface area (Å²) in [6, 6.07) is 8.62. The van der Waals surface area contributed by atoms with Crippen LogP contribution in [0, 0.1) is 0 Å². The average molecular weight is 342 g/mol. The van der Waals surface area contributed by atoms with Crippen LogP contribution in [0.25, 0.3) is 11.1 Å². The highest BCUT2D eigenvalue weighted by molar-refractivity contribution is 6.30. The van der Waals surface area contributed by atoms with Crippen LogP contribution >= 0.6 is 11.6 Å². The molecule has 0 aliphatic rings. The van der Waals surface area contributed by atoms with Gasteiger partial charge >= 0.3 is 6.03 Å². The normalized spacial score (nSPS) is 10.4. The molecule has 0 fully saturated rings. The number of hydrogen-bond donors (Lipinski definition) is 2. The molecule has 0 unspecified atom stereocenters. The van der Waals surface area contributed by atoms with E-state index in [4.69, 9.17) is 11.6 Å². The van der Waals surface area contributed by atoms with Gasteiger partial charge in [-0.25, -0.2) is 4.79 Å². The molecular weight excluding hydrogens is 326 g/mol. The van der Waals surface area contributed by atoms with Crippen LogP contribution in [0.1, 0.15) is 5.56 Å². The van der Waals surface area contributed by atoms with Crippen LogP contribution < -0.4 is 10.6 Å². The van der Waals surface area contributed by atoms with Gasteiger partial charge in [0.05, 0.1) is 6.20 Å². The van der Waals surface area contributed by atoms with Gasteiger partial charge in [-0.3, -0.25) is 9.67 Å². The largest absolute Gasteiger partial charge is 0.334 e. The Hall–Kier alpha value is -2.86. The van der Waals surface area contributed by atoms with Crippen molar-refractivity contribution in [3.63, 3.8) is 0 Å². The Morgan fingerprint density at radius 2 is 1.96 bits per heavy atom. The van der Waals surface area contributed by atoms with Crippen LogP contribution in [0.4, 0.5) is 10.5 Å². The van der Waals surface area contributed by atoms with Crippen molar-refractivity contribution in [3.8, 4) is 11.1 Å². The van der Waals surface area contributed by atoms with Crippen LogP contribution in [0.5, 0.6) is 0 Å². The Kier molecular flexibility index (Phi) is 4.77. The fourth-order valence-corrected chi connectivity index (χ4v) is 2.33. The van der Waals surface area contributed by atoms with E-state index in [1.165, 1.54) is 0 Å². The summed E-state index contributed by atoms with van der Waals surface area (Å²) in [5.74, 6) is 0. The van der Waals surface area contributed by atoms with E-state index in [9.17, 15) is 4.79 Å². The summed E-state index contributed by atoms with van der Waals surface area (Å²) in [6.07, 6.45) is 7.19. The summed E-state index contributed by atoms with van der Waals surface area (Å²) >= 11 is 5.82. The summed E-state index contributed by atoms with van der Waals surface area (Å²) in [6.45, 7) is 0.376. The molecule has 0 atom stereocenters. The van der Waals surface area contributed by atoms with Crippen molar-refractivity contribution >= 4 is 23.3 Å². The maximum atomic E-state index is 11.9. The van der Waals surface area contributed by atoms with E-state index >= 15 is 0 Å². The highest BCUT2D eigenvalue weighted by Crippen LogP contribution is 2.18. The van der Waals surface area contributed by atoms with E-state index < -0.39 is 0 Å². The number of nitrogens with zero attached hydrogens (tertiary/aromatic N) is 3. The molecule has 2 N–H and O–H groups in total. The third-order valence-electron chi connectivity index (χ3n) is 3.39. The minimum atomic E-state index is -0.288. The maximum Gasteiger partial charge on any atom is 0.319 e. The molecule has 3 rings (SSSR count). The highest BCUT2D eigenvalue weighted by Gasteiger charge is 2.05. The van der Waals surface area contributed by atoms with Crippen molar-refractivity contribution in [1.82, 2.24) is 20.1 Å². The third kappa shape index (κ3) is 4.11. The number of aryl methyl sites for hydroxylation is 1. The van der Waals surface area contributed by atoms with Gasteiger partial charge in [-0.15, -0.1) is 0 Å². The summed E-state index contributed by atoms with van der Waals surface area (Å²) in [5, 5.41) is 10.3. The van der Waals surface area contributed by atoms with Gasteiger partial charge in [0.1, 0.15) is 0 Å². The molecular formula is C17H16ClN5O. The first kappa shape index (κ1) is 16.0. The van der Waals surface area contributed by atoms with Crippen LogP contribution in [-0.4, -0.2) is 20.8 Å². The van der Waals surface area contributed by atoms with Gasteiger partial charge in [0.2, 0.25) is 0 Å².